The summed E-state index contributed by atoms with van der Waals surface area (Å²) in [6.07, 6.45) is 6.57. The minimum absolute atomic E-state index is 0.0547. The highest BCUT2D eigenvalue weighted by Gasteiger charge is 2.41. The van der Waals surface area contributed by atoms with Gasteiger partial charge in [-0.3, -0.25) is 0 Å². The molecule has 2 heteroatoms. The Balaban J connectivity index is 1.04. The van der Waals surface area contributed by atoms with E-state index in [0.29, 0.717) is 0 Å². The highest BCUT2D eigenvalue weighted by molar-refractivity contribution is 6.10. The first-order valence-corrected chi connectivity index (χ1v) is 18.4. The molecular formula is C50H40N2. The molecule has 0 radical (unpaired) electrons. The second-order valence-corrected chi connectivity index (χ2v) is 13.8. The number of rotatable bonds is 8. The van der Waals surface area contributed by atoms with Crippen molar-refractivity contribution >= 4 is 50.9 Å². The van der Waals surface area contributed by atoms with Crippen molar-refractivity contribution in [2.45, 2.75) is 32.1 Å². The fraction of sp³-hybridized carbons (Fsp3) is 0.100. The van der Waals surface area contributed by atoms with Gasteiger partial charge in [-0.1, -0.05) is 153 Å². The third-order valence-electron chi connectivity index (χ3n) is 11.1. The van der Waals surface area contributed by atoms with Crippen LogP contribution in [0.2, 0.25) is 0 Å². The van der Waals surface area contributed by atoms with Crippen LogP contribution in [0.25, 0.3) is 56.2 Å². The zero-order valence-corrected chi connectivity index (χ0v) is 29.6. The Morgan fingerprint density at radius 2 is 1.02 bits per heavy atom. The van der Waals surface area contributed by atoms with Gasteiger partial charge in [0.15, 0.2) is 0 Å². The summed E-state index contributed by atoms with van der Waals surface area (Å²) in [7, 11) is 0. The van der Waals surface area contributed by atoms with E-state index >= 15 is 0 Å². The third kappa shape index (κ3) is 5.31. The maximum Gasteiger partial charge on any atom is 0.0788 e. The van der Waals surface area contributed by atoms with Crippen LogP contribution >= 0.6 is 0 Å². The minimum atomic E-state index is -0.0547. The molecule has 7 aromatic carbocycles. The molecule has 0 fully saturated rings. The molecule has 0 amide bonds. The molecule has 0 unspecified atom stereocenters. The lowest BCUT2D eigenvalue weighted by Crippen LogP contribution is -2.23. The zero-order chi connectivity index (χ0) is 35.1. The van der Waals surface area contributed by atoms with Crippen LogP contribution in [0, 0.1) is 0 Å². The largest absolute Gasteiger partial charge is 0.310 e. The Labute approximate surface area is 306 Å². The predicted molar refractivity (Wildman–Crippen MR) is 222 cm³/mol. The van der Waals surface area contributed by atoms with Crippen LogP contribution in [0.3, 0.4) is 0 Å². The summed E-state index contributed by atoms with van der Waals surface area (Å²) in [5.74, 6) is 0. The van der Waals surface area contributed by atoms with Crippen LogP contribution in [0.5, 0.6) is 0 Å². The van der Waals surface area contributed by atoms with Crippen molar-refractivity contribution in [3.8, 4) is 22.4 Å². The molecule has 0 N–H and O–H groups in total. The molecule has 52 heavy (non-hydrogen) atoms. The van der Waals surface area contributed by atoms with Gasteiger partial charge < -0.3 is 4.90 Å². The molecule has 0 bridgehead atoms. The van der Waals surface area contributed by atoms with Crippen LogP contribution in [0.1, 0.15) is 48.9 Å². The van der Waals surface area contributed by atoms with E-state index in [2.05, 4.69) is 201 Å². The first-order valence-electron chi connectivity index (χ1n) is 18.4. The Morgan fingerprint density at radius 3 is 1.69 bits per heavy atom. The molecule has 0 aliphatic heterocycles. The van der Waals surface area contributed by atoms with Gasteiger partial charge in [-0.25, -0.2) is 4.98 Å². The summed E-state index contributed by atoms with van der Waals surface area (Å²) in [6, 6.07) is 61.3. The lowest BCUT2D eigenvalue weighted by Gasteiger charge is -2.32. The fourth-order valence-electron chi connectivity index (χ4n) is 8.43. The molecule has 1 aliphatic carbocycles. The van der Waals surface area contributed by atoms with E-state index < -0.39 is 0 Å². The van der Waals surface area contributed by atoms with E-state index in [1.165, 1.54) is 55.2 Å². The van der Waals surface area contributed by atoms with Crippen molar-refractivity contribution in [2.24, 2.45) is 0 Å². The molecule has 1 heterocycles. The van der Waals surface area contributed by atoms with Crippen LogP contribution < -0.4 is 4.90 Å². The number of hydrogen-bond acceptors (Lipinski definition) is 2. The van der Waals surface area contributed by atoms with Gasteiger partial charge in [-0.05, 0) is 94.1 Å². The SMILES string of the molecule is CCC1(CC)c2cc(/C=C/c3ccc(-c4nc5ccccc5c5ccccc45)cc3)ccc2-c2ccc(N(c3ccccc3)c3ccccc3)cc21. The van der Waals surface area contributed by atoms with Crippen molar-refractivity contribution in [1.29, 1.82) is 0 Å². The van der Waals surface area contributed by atoms with Gasteiger partial charge in [0.2, 0.25) is 0 Å². The summed E-state index contributed by atoms with van der Waals surface area (Å²) in [5, 5.41) is 3.61. The Morgan fingerprint density at radius 1 is 0.481 bits per heavy atom. The Hall–Kier alpha value is -6.25. The van der Waals surface area contributed by atoms with Gasteiger partial charge in [0.05, 0.1) is 11.2 Å². The maximum atomic E-state index is 5.10. The smallest absolute Gasteiger partial charge is 0.0788 e. The van der Waals surface area contributed by atoms with Gasteiger partial charge >= 0.3 is 0 Å². The normalized spacial score (nSPS) is 13.0. The summed E-state index contributed by atoms with van der Waals surface area (Å²) in [5.41, 5.74) is 14.6. The van der Waals surface area contributed by atoms with Crippen molar-refractivity contribution in [3.63, 3.8) is 0 Å². The molecule has 0 saturated carbocycles. The third-order valence-corrected chi connectivity index (χ3v) is 11.1. The maximum absolute atomic E-state index is 5.10. The molecule has 9 rings (SSSR count). The van der Waals surface area contributed by atoms with Crippen molar-refractivity contribution in [2.75, 3.05) is 4.90 Å². The molecule has 0 saturated heterocycles. The summed E-state index contributed by atoms with van der Waals surface area (Å²) < 4.78 is 0. The summed E-state index contributed by atoms with van der Waals surface area (Å²) in [4.78, 5) is 7.47. The fourth-order valence-corrected chi connectivity index (χ4v) is 8.43. The number of nitrogens with zero attached hydrogens (tertiary/aromatic N) is 2. The zero-order valence-electron chi connectivity index (χ0n) is 29.6. The second-order valence-electron chi connectivity index (χ2n) is 13.8. The molecule has 8 aromatic rings. The highest BCUT2D eigenvalue weighted by atomic mass is 15.1. The molecule has 1 aromatic heterocycles. The average molecular weight is 669 g/mol. The molecule has 1 aliphatic rings. The van der Waals surface area contributed by atoms with Crippen molar-refractivity contribution in [3.05, 3.63) is 192 Å². The predicted octanol–water partition coefficient (Wildman–Crippen LogP) is 13.8. The molecular weight excluding hydrogens is 629 g/mol. The summed E-state index contributed by atoms with van der Waals surface area (Å²) >= 11 is 0. The van der Waals surface area contributed by atoms with Crippen molar-refractivity contribution < 1.29 is 0 Å². The number of pyridine rings is 1. The number of anilines is 3. The highest BCUT2D eigenvalue weighted by Crippen LogP contribution is 2.54. The van der Waals surface area contributed by atoms with E-state index in [1.54, 1.807) is 0 Å². The quantitative estimate of drug-likeness (QED) is 0.118. The number of aromatic nitrogens is 1. The topological polar surface area (TPSA) is 16.1 Å². The lowest BCUT2D eigenvalue weighted by molar-refractivity contribution is 0.490. The minimum Gasteiger partial charge on any atom is -0.310 e. The molecule has 2 nitrogen and oxygen atoms in total. The van der Waals surface area contributed by atoms with Gasteiger partial charge in [0.25, 0.3) is 0 Å². The first kappa shape index (κ1) is 31.7. The molecule has 0 spiro atoms. The second kappa shape index (κ2) is 13.1. The molecule has 0 atom stereocenters. The van der Waals surface area contributed by atoms with E-state index in [4.69, 9.17) is 4.98 Å². The van der Waals surface area contributed by atoms with Gasteiger partial charge in [-0.2, -0.15) is 0 Å². The molecule has 250 valence electrons. The number of benzene rings is 7. The number of para-hydroxylation sites is 3. The van der Waals surface area contributed by atoms with E-state index in [-0.39, 0.29) is 5.41 Å². The Kier molecular flexibility index (Phi) is 8.01. The number of fused-ring (bicyclic) bond motifs is 6. The van der Waals surface area contributed by atoms with E-state index in [0.717, 1.165) is 41.0 Å². The van der Waals surface area contributed by atoms with Gasteiger partial charge in [0, 0.05) is 38.8 Å². The van der Waals surface area contributed by atoms with Gasteiger partial charge in [0.1, 0.15) is 0 Å². The van der Waals surface area contributed by atoms with Crippen molar-refractivity contribution in [1.82, 2.24) is 4.98 Å². The standard InChI is InChI=1S/C50H40N2/c1-3-50(4-2)46-33-36(24-23-35-25-28-37(29-26-35)49-45-21-12-11-19-41(45)44-20-13-14-22-48(44)51-49)27-31-42(46)43-32-30-40(34-47(43)50)52(38-15-7-5-8-16-38)39-17-9-6-10-18-39/h5-34H,3-4H2,1-2H3/b24-23+. The monoisotopic (exact) mass is 668 g/mol. The Bertz CT molecular complexity index is 2540. The summed E-state index contributed by atoms with van der Waals surface area (Å²) in [6.45, 7) is 4.69. The van der Waals surface area contributed by atoms with E-state index in [1.807, 2.05) is 0 Å². The van der Waals surface area contributed by atoms with Crippen LogP contribution in [0.4, 0.5) is 17.1 Å². The van der Waals surface area contributed by atoms with Crippen LogP contribution in [0.15, 0.2) is 170 Å². The van der Waals surface area contributed by atoms with Crippen LogP contribution in [-0.4, -0.2) is 4.98 Å². The lowest BCUT2D eigenvalue weighted by atomic mass is 9.73. The van der Waals surface area contributed by atoms with Crippen LogP contribution in [-0.2, 0) is 5.41 Å². The van der Waals surface area contributed by atoms with E-state index in [9.17, 15) is 0 Å². The number of hydrogen-bond donors (Lipinski definition) is 0. The van der Waals surface area contributed by atoms with Gasteiger partial charge in [-0.15, -0.1) is 0 Å². The first-order chi connectivity index (χ1) is 25.7. The average Bonchev–Trinajstić information content (AvgIpc) is 3.49.